The predicted octanol–water partition coefficient (Wildman–Crippen LogP) is 2.75. The van der Waals surface area contributed by atoms with Gasteiger partial charge in [0.1, 0.15) is 4.32 Å². The molecule has 2 rings (SSSR count). The van der Waals surface area contributed by atoms with Gasteiger partial charge in [0.05, 0.1) is 28.4 Å². The minimum atomic E-state index is -0.507. The third-order valence-electron chi connectivity index (χ3n) is 3.14. The number of nitrogens with zero attached hydrogens (tertiary/aromatic N) is 2. The van der Waals surface area contributed by atoms with Gasteiger partial charge in [-0.1, -0.05) is 36.1 Å². The van der Waals surface area contributed by atoms with E-state index in [9.17, 15) is 19.7 Å². The van der Waals surface area contributed by atoms with Crippen LogP contribution in [-0.4, -0.2) is 39.2 Å². The Morgan fingerprint density at radius 2 is 2.17 bits per heavy atom. The van der Waals surface area contributed by atoms with E-state index in [1.165, 1.54) is 17.0 Å². The molecule has 1 aromatic carbocycles. The lowest BCUT2D eigenvalue weighted by Gasteiger charge is -2.13. The second-order valence-corrected chi connectivity index (χ2v) is 6.38. The standard InChI is InChI=1S/C15H14N2O5S2/c1-2-22-13(18)7-8-16-14(19)12(24-15(16)23)9-10-5-3-4-6-11(10)17(20)21/h3-6,9H,2,7-8H2,1H3/b12-9-. The molecule has 1 heterocycles. The smallest absolute Gasteiger partial charge is 0.307 e. The number of hydrogen-bond acceptors (Lipinski definition) is 7. The van der Waals surface area contributed by atoms with Crippen LogP contribution in [0.3, 0.4) is 0 Å². The molecule has 0 saturated carbocycles. The molecule has 0 atom stereocenters. The highest BCUT2D eigenvalue weighted by atomic mass is 32.2. The van der Waals surface area contributed by atoms with E-state index >= 15 is 0 Å². The number of nitro groups is 1. The average molecular weight is 366 g/mol. The van der Waals surface area contributed by atoms with Gasteiger partial charge in [-0.05, 0) is 19.1 Å². The summed E-state index contributed by atoms with van der Waals surface area (Å²) in [6.07, 6.45) is 1.49. The minimum absolute atomic E-state index is 0.0407. The van der Waals surface area contributed by atoms with Crippen molar-refractivity contribution in [2.24, 2.45) is 0 Å². The van der Waals surface area contributed by atoms with Gasteiger partial charge in [-0.25, -0.2) is 0 Å². The third-order valence-corrected chi connectivity index (χ3v) is 4.52. The molecule has 0 aromatic heterocycles. The van der Waals surface area contributed by atoms with Crippen LogP contribution >= 0.6 is 24.0 Å². The highest BCUT2D eigenvalue weighted by Gasteiger charge is 2.32. The molecule has 7 nitrogen and oxygen atoms in total. The zero-order valence-corrected chi connectivity index (χ0v) is 14.4. The quantitative estimate of drug-likeness (QED) is 0.251. The Morgan fingerprint density at radius 3 is 2.83 bits per heavy atom. The van der Waals surface area contributed by atoms with Gasteiger partial charge in [0, 0.05) is 12.6 Å². The molecule has 0 N–H and O–H groups in total. The summed E-state index contributed by atoms with van der Waals surface area (Å²) in [5.41, 5.74) is 0.239. The van der Waals surface area contributed by atoms with Gasteiger partial charge in [0.2, 0.25) is 0 Å². The summed E-state index contributed by atoms with van der Waals surface area (Å²) in [6, 6.07) is 6.14. The van der Waals surface area contributed by atoms with Gasteiger partial charge in [0.15, 0.2) is 0 Å². The third kappa shape index (κ3) is 4.18. The molecular formula is C15H14N2O5S2. The maximum atomic E-state index is 12.4. The second kappa shape index (κ2) is 8.02. The number of benzene rings is 1. The molecular weight excluding hydrogens is 352 g/mol. The van der Waals surface area contributed by atoms with Crippen LogP contribution in [0.15, 0.2) is 29.2 Å². The molecule has 1 aliphatic rings. The van der Waals surface area contributed by atoms with Gasteiger partial charge < -0.3 is 4.74 Å². The number of esters is 1. The minimum Gasteiger partial charge on any atom is -0.466 e. The molecule has 1 aromatic rings. The van der Waals surface area contributed by atoms with Crippen LogP contribution in [0.1, 0.15) is 18.9 Å². The van der Waals surface area contributed by atoms with E-state index < -0.39 is 10.9 Å². The van der Waals surface area contributed by atoms with E-state index in [0.29, 0.717) is 9.88 Å². The molecule has 1 saturated heterocycles. The summed E-state index contributed by atoms with van der Waals surface area (Å²) in [4.78, 5) is 35.9. The lowest BCUT2D eigenvalue weighted by molar-refractivity contribution is -0.385. The molecule has 1 amide bonds. The number of rotatable bonds is 6. The van der Waals surface area contributed by atoms with Crippen LogP contribution in [0.4, 0.5) is 5.69 Å². The van der Waals surface area contributed by atoms with Crippen molar-refractivity contribution in [1.82, 2.24) is 4.90 Å². The number of ether oxygens (including phenoxy) is 1. The Bertz CT molecular complexity index is 732. The van der Waals surface area contributed by atoms with Crippen molar-refractivity contribution in [1.29, 1.82) is 0 Å². The van der Waals surface area contributed by atoms with Crippen LogP contribution in [0, 0.1) is 10.1 Å². The molecule has 126 valence electrons. The van der Waals surface area contributed by atoms with Gasteiger partial charge in [-0.3, -0.25) is 24.6 Å². The zero-order valence-electron chi connectivity index (χ0n) is 12.8. The summed E-state index contributed by atoms with van der Waals surface area (Å²) >= 11 is 6.21. The maximum Gasteiger partial charge on any atom is 0.307 e. The number of carbonyl (C=O) groups is 2. The molecule has 0 aliphatic carbocycles. The van der Waals surface area contributed by atoms with Crippen molar-refractivity contribution in [3.05, 3.63) is 44.8 Å². The summed E-state index contributed by atoms with van der Waals surface area (Å²) < 4.78 is 5.13. The van der Waals surface area contributed by atoms with Crippen LogP contribution in [0.5, 0.6) is 0 Å². The molecule has 1 fully saturated rings. The normalized spacial score (nSPS) is 15.9. The summed E-state index contributed by atoms with van der Waals surface area (Å²) in [5, 5.41) is 11.0. The Kier molecular flexibility index (Phi) is 6.04. The molecule has 0 spiro atoms. The summed E-state index contributed by atoms with van der Waals surface area (Å²) in [5.74, 6) is -0.776. The van der Waals surface area contributed by atoms with E-state index in [2.05, 4.69) is 0 Å². The topological polar surface area (TPSA) is 89.8 Å². The highest BCUT2D eigenvalue weighted by molar-refractivity contribution is 8.26. The van der Waals surface area contributed by atoms with Crippen LogP contribution in [0.2, 0.25) is 0 Å². The lowest BCUT2D eigenvalue weighted by atomic mass is 10.1. The summed E-state index contributed by atoms with van der Waals surface area (Å²) in [7, 11) is 0. The first-order valence-corrected chi connectivity index (χ1v) is 8.31. The van der Waals surface area contributed by atoms with Crippen LogP contribution in [-0.2, 0) is 14.3 Å². The number of amides is 1. The van der Waals surface area contributed by atoms with Crippen molar-refractivity contribution in [2.45, 2.75) is 13.3 Å². The lowest BCUT2D eigenvalue weighted by Crippen LogP contribution is -2.30. The Hall–Kier alpha value is -2.26. The maximum absolute atomic E-state index is 12.4. The van der Waals surface area contributed by atoms with Crippen molar-refractivity contribution < 1.29 is 19.2 Å². The monoisotopic (exact) mass is 366 g/mol. The molecule has 1 aliphatic heterocycles. The van der Waals surface area contributed by atoms with Crippen molar-refractivity contribution in [3.63, 3.8) is 0 Å². The number of nitro benzene ring substituents is 1. The Morgan fingerprint density at radius 1 is 1.46 bits per heavy atom. The van der Waals surface area contributed by atoms with Gasteiger partial charge in [-0.2, -0.15) is 0 Å². The van der Waals surface area contributed by atoms with Crippen molar-refractivity contribution >= 4 is 51.9 Å². The molecule has 0 bridgehead atoms. The fourth-order valence-corrected chi connectivity index (χ4v) is 3.35. The SMILES string of the molecule is CCOC(=O)CCN1C(=O)/C(=C/c2ccccc2[N+](=O)[O-])SC1=S. The predicted molar refractivity (Wildman–Crippen MR) is 94.2 cm³/mol. The first kappa shape index (κ1) is 18.1. The van der Waals surface area contributed by atoms with E-state index in [1.54, 1.807) is 25.1 Å². The first-order valence-electron chi connectivity index (χ1n) is 7.08. The highest BCUT2D eigenvalue weighted by Crippen LogP contribution is 2.34. The molecule has 24 heavy (non-hydrogen) atoms. The van der Waals surface area contributed by atoms with E-state index in [4.69, 9.17) is 17.0 Å². The Balaban J connectivity index is 2.16. The zero-order chi connectivity index (χ0) is 17.7. The average Bonchev–Trinajstić information content (AvgIpc) is 2.80. The molecule has 0 radical (unpaired) electrons. The fourth-order valence-electron chi connectivity index (χ4n) is 2.05. The molecule has 9 heteroatoms. The fraction of sp³-hybridized carbons (Fsp3) is 0.267. The van der Waals surface area contributed by atoms with Crippen LogP contribution < -0.4 is 0 Å². The first-order chi connectivity index (χ1) is 11.4. The Labute approximate surface area is 147 Å². The van der Waals surface area contributed by atoms with Crippen molar-refractivity contribution in [3.8, 4) is 0 Å². The second-order valence-electron chi connectivity index (χ2n) is 4.70. The largest absolute Gasteiger partial charge is 0.466 e. The number of thiocarbonyl (C=S) groups is 1. The number of para-hydroxylation sites is 1. The van der Waals surface area contributed by atoms with Gasteiger partial charge in [-0.15, -0.1) is 0 Å². The molecule has 0 unspecified atom stereocenters. The van der Waals surface area contributed by atoms with Crippen LogP contribution in [0.25, 0.3) is 6.08 Å². The number of thioether (sulfide) groups is 1. The van der Waals surface area contributed by atoms with E-state index in [-0.39, 0.29) is 36.1 Å². The van der Waals surface area contributed by atoms with Crippen molar-refractivity contribution in [2.75, 3.05) is 13.2 Å². The van der Waals surface area contributed by atoms with Gasteiger partial charge in [0.25, 0.3) is 11.6 Å². The van der Waals surface area contributed by atoms with E-state index in [1.807, 2.05) is 0 Å². The number of hydrogen-bond donors (Lipinski definition) is 0. The number of carbonyl (C=O) groups excluding carboxylic acids is 2. The van der Waals surface area contributed by atoms with Gasteiger partial charge >= 0.3 is 5.97 Å². The van der Waals surface area contributed by atoms with E-state index in [0.717, 1.165) is 11.8 Å². The summed E-state index contributed by atoms with van der Waals surface area (Å²) in [6.45, 7) is 2.10.